The third-order valence-electron chi connectivity index (χ3n) is 3.64. The first kappa shape index (κ1) is 15.9. The van der Waals surface area contributed by atoms with Crippen LogP contribution in [0, 0.1) is 0 Å². The highest BCUT2D eigenvalue weighted by atomic mass is 15.0. The Morgan fingerprint density at radius 1 is 0.500 bits per heavy atom. The van der Waals surface area contributed by atoms with Gasteiger partial charge in [-0.05, 0) is 40.5 Å². The molecule has 1 aliphatic heterocycles. The summed E-state index contributed by atoms with van der Waals surface area (Å²) in [6.07, 6.45) is 2.37. The molecular formula is C14H32N4. The Bertz CT molecular complexity index is 168. The van der Waals surface area contributed by atoms with Crippen LogP contribution >= 0.6 is 0 Å². The van der Waals surface area contributed by atoms with Crippen LogP contribution in [-0.2, 0) is 0 Å². The maximum atomic E-state index is 3.58. The summed E-state index contributed by atoms with van der Waals surface area (Å²) in [5.74, 6) is 0. The van der Waals surface area contributed by atoms with Gasteiger partial charge in [0.15, 0.2) is 0 Å². The number of rotatable bonds is 0. The summed E-state index contributed by atoms with van der Waals surface area (Å²) in [6, 6.07) is 2.33. The Morgan fingerprint density at radius 3 is 0.944 bits per heavy atom. The minimum absolute atomic E-state index is 0.583. The Kier molecular flexibility index (Phi) is 7.82. The maximum Gasteiger partial charge on any atom is 0.00793 e. The predicted molar refractivity (Wildman–Crippen MR) is 79.1 cm³/mol. The van der Waals surface area contributed by atoms with Crippen molar-refractivity contribution in [2.45, 2.75) is 64.7 Å². The van der Waals surface area contributed by atoms with E-state index in [1.54, 1.807) is 0 Å². The Hall–Kier alpha value is -0.160. The lowest BCUT2D eigenvalue weighted by Gasteiger charge is -2.24. The summed E-state index contributed by atoms with van der Waals surface area (Å²) in [5.41, 5.74) is 0. The second-order valence-electron chi connectivity index (χ2n) is 5.89. The molecule has 0 spiro atoms. The van der Waals surface area contributed by atoms with Gasteiger partial charge in [0.2, 0.25) is 0 Å². The molecule has 0 aromatic carbocycles. The third-order valence-corrected chi connectivity index (χ3v) is 3.64. The van der Waals surface area contributed by atoms with Gasteiger partial charge in [-0.1, -0.05) is 0 Å². The topological polar surface area (TPSA) is 48.1 Å². The van der Waals surface area contributed by atoms with Crippen molar-refractivity contribution in [1.29, 1.82) is 0 Å². The lowest BCUT2D eigenvalue weighted by atomic mass is 10.1. The van der Waals surface area contributed by atoms with Gasteiger partial charge in [-0.3, -0.25) is 0 Å². The fourth-order valence-electron chi connectivity index (χ4n) is 2.67. The Balaban J connectivity index is 2.36. The zero-order chi connectivity index (χ0) is 13.4. The molecule has 4 atom stereocenters. The lowest BCUT2D eigenvalue weighted by molar-refractivity contribution is 0.381. The van der Waals surface area contributed by atoms with Crippen LogP contribution in [-0.4, -0.2) is 50.3 Å². The molecule has 1 aliphatic rings. The van der Waals surface area contributed by atoms with Gasteiger partial charge in [-0.2, -0.15) is 0 Å². The molecule has 1 fully saturated rings. The summed E-state index contributed by atoms with van der Waals surface area (Å²) >= 11 is 0. The van der Waals surface area contributed by atoms with Gasteiger partial charge in [0.25, 0.3) is 0 Å². The van der Waals surface area contributed by atoms with Gasteiger partial charge in [0.05, 0.1) is 0 Å². The Labute approximate surface area is 113 Å². The average Bonchev–Trinajstić information content (AvgIpc) is 2.29. The van der Waals surface area contributed by atoms with Crippen LogP contribution in [0.15, 0.2) is 0 Å². The summed E-state index contributed by atoms with van der Waals surface area (Å²) in [6.45, 7) is 13.3. The van der Waals surface area contributed by atoms with E-state index in [1.807, 2.05) is 0 Å². The highest BCUT2D eigenvalue weighted by molar-refractivity contribution is 4.74. The van der Waals surface area contributed by atoms with Crippen molar-refractivity contribution >= 4 is 0 Å². The number of hydrogen-bond donors (Lipinski definition) is 4. The van der Waals surface area contributed by atoms with Crippen LogP contribution in [0.3, 0.4) is 0 Å². The maximum absolute atomic E-state index is 3.58. The molecule has 4 N–H and O–H groups in total. The first-order valence-corrected chi connectivity index (χ1v) is 7.51. The number of hydrogen-bond acceptors (Lipinski definition) is 4. The van der Waals surface area contributed by atoms with E-state index in [9.17, 15) is 0 Å². The molecule has 1 rings (SSSR count). The van der Waals surface area contributed by atoms with Crippen molar-refractivity contribution in [3.63, 3.8) is 0 Å². The van der Waals surface area contributed by atoms with E-state index in [0.29, 0.717) is 24.2 Å². The zero-order valence-corrected chi connectivity index (χ0v) is 12.6. The van der Waals surface area contributed by atoms with E-state index in [4.69, 9.17) is 0 Å². The SMILES string of the molecule is CC1C[C@@H](C)NCCNC(C)C[C@H](C)NCCN1. The molecule has 2 unspecified atom stereocenters. The molecular weight excluding hydrogens is 224 g/mol. The van der Waals surface area contributed by atoms with Crippen LogP contribution in [0.25, 0.3) is 0 Å². The van der Waals surface area contributed by atoms with Crippen molar-refractivity contribution in [3.8, 4) is 0 Å². The Morgan fingerprint density at radius 2 is 0.722 bits per heavy atom. The van der Waals surface area contributed by atoms with Crippen molar-refractivity contribution < 1.29 is 0 Å². The fraction of sp³-hybridized carbons (Fsp3) is 1.00. The van der Waals surface area contributed by atoms with Crippen molar-refractivity contribution in [1.82, 2.24) is 21.3 Å². The van der Waals surface area contributed by atoms with Gasteiger partial charge < -0.3 is 21.3 Å². The highest BCUT2D eigenvalue weighted by Crippen LogP contribution is 1.99. The second kappa shape index (κ2) is 8.86. The van der Waals surface area contributed by atoms with Crippen molar-refractivity contribution in [2.24, 2.45) is 0 Å². The molecule has 1 heterocycles. The van der Waals surface area contributed by atoms with Crippen molar-refractivity contribution in [3.05, 3.63) is 0 Å². The zero-order valence-electron chi connectivity index (χ0n) is 12.6. The first-order valence-electron chi connectivity index (χ1n) is 7.51. The fourth-order valence-corrected chi connectivity index (χ4v) is 2.67. The molecule has 0 aromatic rings. The largest absolute Gasteiger partial charge is 0.313 e. The number of nitrogens with one attached hydrogen (secondary N) is 4. The van der Waals surface area contributed by atoms with E-state index in [2.05, 4.69) is 49.0 Å². The van der Waals surface area contributed by atoms with Crippen LogP contribution in [0.4, 0.5) is 0 Å². The monoisotopic (exact) mass is 256 g/mol. The minimum atomic E-state index is 0.583. The molecule has 4 heteroatoms. The summed E-state index contributed by atoms with van der Waals surface area (Å²) in [5, 5.41) is 14.3. The van der Waals surface area contributed by atoms with E-state index in [1.165, 1.54) is 12.8 Å². The van der Waals surface area contributed by atoms with Crippen LogP contribution in [0.2, 0.25) is 0 Å². The predicted octanol–water partition coefficient (Wildman–Crippen LogP) is 0.693. The van der Waals surface area contributed by atoms with Gasteiger partial charge in [-0.15, -0.1) is 0 Å². The molecule has 108 valence electrons. The normalized spacial score (nSPS) is 38.0. The molecule has 0 aromatic heterocycles. The van der Waals surface area contributed by atoms with Gasteiger partial charge in [0.1, 0.15) is 0 Å². The second-order valence-corrected chi connectivity index (χ2v) is 5.89. The first-order chi connectivity index (χ1) is 8.58. The molecule has 0 bridgehead atoms. The molecule has 0 saturated carbocycles. The smallest absolute Gasteiger partial charge is 0.00793 e. The van der Waals surface area contributed by atoms with E-state index < -0.39 is 0 Å². The molecule has 4 nitrogen and oxygen atoms in total. The molecule has 18 heavy (non-hydrogen) atoms. The summed E-state index contributed by atoms with van der Waals surface area (Å²) < 4.78 is 0. The van der Waals surface area contributed by atoms with Gasteiger partial charge in [-0.25, -0.2) is 0 Å². The molecule has 0 aliphatic carbocycles. The van der Waals surface area contributed by atoms with E-state index in [0.717, 1.165) is 26.2 Å². The standard InChI is InChI=1S/C14H32N4/c1-11-9-12(2)16-7-8-18-14(4)10-13(3)17-6-5-15-11/h11-18H,5-10H2,1-4H3/t11-,12?,13?,14+. The van der Waals surface area contributed by atoms with Crippen molar-refractivity contribution in [2.75, 3.05) is 26.2 Å². The van der Waals surface area contributed by atoms with Gasteiger partial charge in [0, 0.05) is 50.3 Å². The average molecular weight is 256 g/mol. The molecule has 1 saturated heterocycles. The van der Waals surface area contributed by atoms with E-state index >= 15 is 0 Å². The summed E-state index contributed by atoms with van der Waals surface area (Å²) in [4.78, 5) is 0. The molecule has 0 amide bonds. The summed E-state index contributed by atoms with van der Waals surface area (Å²) in [7, 11) is 0. The van der Waals surface area contributed by atoms with Crippen LogP contribution in [0.1, 0.15) is 40.5 Å². The van der Waals surface area contributed by atoms with Gasteiger partial charge >= 0.3 is 0 Å². The minimum Gasteiger partial charge on any atom is -0.313 e. The third kappa shape index (κ3) is 7.31. The lowest BCUT2D eigenvalue weighted by Crippen LogP contribution is -2.44. The quantitative estimate of drug-likeness (QED) is 0.515. The van der Waals surface area contributed by atoms with Crippen LogP contribution in [0.5, 0.6) is 0 Å². The van der Waals surface area contributed by atoms with Crippen LogP contribution < -0.4 is 21.3 Å². The highest BCUT2D eigenvalue weighted by Gasteiger charge is 2.11. The van der Waals surface area contributed by atoms with E-state index in [-0.39, 0.29) is 0 Å². The molecule has 0 radical (unpaired) electrons.